The fourth-order valence-corrected chi connectivity index (χ4v) is 2.75. The van der Waals surface area contributed by atoms with Gasteiger partial charge in [0.05, 0.1) is 5.69 Å². The van der Waals surface area contributed by atoms with E-state index in [-0.39, 0.29) is 23.9 Å². The number of ketones is 1. The van der Waals surface area contributed by atoms with Crippen LogP contribution in [0.2, 0.25) is 0 Å². The second-order valence-corrected chi connectivity index (χ2v) is 5.33. The average Bonchev–Trinajstić information content (AvgIpc) is 2.54. The van der Waals surface area contributed by atoms with Gasteiger partial charge in [-0.05, 0) is 30.2 Å². The number of Topliss-reactive ketones (excluding diaryl/α,β-unsaturated/α-hetero) is 1. The van der Waals surface area contributed by atoms with Crippen LogP contribution in [-0.4, -0.2) is 18.2 Å². The Morgan fingerprint density at radius 1 is 1.09 bits per heavy atom. The highest BCUT2D eigenvalue weighted by atomic mass is 19.1. The predicted octanol–water partition coefficient (Wildman–Crippen LogP) is 3.38. The molecule has 0 aliphatic carbocycles. The van der Waals surface area contributed by atoms with Gasteiger partial charge in [-0.2, -0.15) is 0 Å². The first-order chi connectivity index (χ1) is 10.7. The number of carbonyl (C=O) groups excluding carboxylic acids is 2. The normalized spacial score (nSPS) is 13.9. The minimum atomic E-state index is -0.287. The Labute approximate surface area is 128 Å². The summed E-state index contributed by atoms with van der Waals surface area (Å²) in [6, 6.07) is 13.6. The zero-order valence-electron chi connectivity index (χ0n) is 12.1. The molecule has 4 heteroatoms. The summed E-state index contributed by atoms with van der Waals surface area (Å²) in [7, 11) is 0. The maximum Gasteiger partial charge on any atom is 0.227 e. The van der Waals surface area contributed by atoms with Crippen molar-refractivity contribution in [2.75, 3.05) is 11.4 Å². The standard InChI is InChI=1S/C18H16FNO2/c19-15-7-3-1-5-13(15)9-10-18(22)20-12-11-17(21)14-6-2-4-8-16(14)20/h1-8H,9-12H2. The molecule has 1 amide bonds. The quantitative estimate of drug-likeness (QED) is 0.871. The smallest absolute Gasteiger partial charge is 0.227 e. The van der Waals surface area contributed by atoms with Crippen LogP contribution in [0, 0.1) is 5.82 Å². The Hall–Kier alpha value is -2.49. The summed E-state index contributed by atoms with van der Waals surface area (Å²) in [5, 5.41) is 0. The van der Waals surface area contributed by atoms with Crippen LogP contribution in [0.4, 0.5) is 10.1 Å². The Bertz CT molecular complexity index is 727. The van der Waals surface area contributed by atoms with E-state index in [4.69, 9.17) is 0 Å². The maximum absolute atomic E-state index is 13.6. The van der Waals surface area contributed by atoms with Crippen LogP contribution in [0.3, 0.4) is 0 Å². The number of rotatable bonds is 3. The molecule has 3 rings (SSSR count). The lowest BCUT2D eigenvalue weighted by Gasteiger charge is -2.28. The molecule has 0 radical (unpaired) electrons. The van der Waals surface area contributed by atoms with Crippen molar-refractivity contribution in [1.82, 2.24) is 0 Å². The molecule has 1 aliphatic rings. The summed E-state index contributed by atoms with van der Waals surface area (Å²) in [6.45, 7) is 0.395. The van der Waals surface area contributed by atoms with Crippen LogP contribution < -0.4 is 4.90 Å². The number of aryl methyl sites for hydroxylation is 1. The Morgan fingerprint density at radius 2 is 1.82 bits per heavy atom. The van der Waals surface area contributed by atoms with Crippen molar-refractivity contribution >= 4 is 17.4 Å². The summed E-state index contributed by atoms with van der Waals surface area (Å²) < 4.78 is 13.6. The molecule has 2 aromatic rings. The van der Waals surface area contributed by atoms with Gasteiger partial charge in [-0.25, -0.2) is 4.39 Å². The van der Waals surface area contributed by atoms with Crippen LogP contribution in [-0.2, 0) is 11.2 Å². The minimum Gasteiger partial charge on any atom is -0.311 e. The SMILES string of the molecule is O=C1CCN(C(=O)CCc2ccccc2F)c2ccccc21. The van der Waals surface area contributed by atoms with Crippen LogP contribution in [0.1, 0.15) is 28.8 Å². The van der Waals surface area contributed by atoms with Gasteiger partial charge in [0, 0.05) is 24.9 Å². The topological polar surface area (TPSA) is 37.4 Å². The van der Waals surface area contributed by atoms with Crippen LogP contribution in [0.5, 0.6) is 0 Å². The summed E-state index contributed by atoms with van der Waals surface area (Å²) in [5.74, 6) is -0.304. The Balaban J connectivity index is 1.75. The molecule has 0 spiro atoms. The van der Waals surface area contributed by atoms with Gasteiger partial charge in [0.25, 0.3) is 0 Å². The second kappa shape index (κ2) is 6.10. The number of hydrogen-bond acceptors (Lipinski definition) is 2. The summed E-state index contributed by atoms with van der Waals surface area (Å²) in [6.07, 6.45) is 0.921. The van der Waals surface area contributed by atoms with Crippen molar-refractivity contribution in [3.8, 4) is 0 Å². The highest BCUT2D eigenvalue weighted by molar-refractivity contribution is 6.08. The number of para-hydroxylation sites is 1. The first kappa shape index (κ1) is 14.4. The first-order valence-electron chi connectivity index (χ1n) is 7.33. The summed E-state index contributed by atoms with van der Waals surface area (Å²) >= 11 is 0. The third-order valence-electron chi connectivity index (χ3n) is 3.92. The zero-order valence-corrected chi connectivity index (χ0v) is 12.1. The largest absolute Gasteiger partial charge is 0.311 e. The van der Waals surface area contributed by atoms with Crippen molar-refractivity contribution in [1.29, 1.82) is 0 Å². The highest BCUT2D eigenvalue weighted by Gasteiger charge is 2.26. The van der Waals surface area contributed by atoms with E-state index in [0.29, 0.717) is 36.2 Å². The summed E-state index contributed by atoms with van der Waals surface area (Å²) in [4.78, 5) is 26.0. The molecule has 0 bridgehead atoms. The Kier molecular flexibility index (Phi) is 4.00. The van der Waals surface area contributed by atoms with Gasteiger partial charge in [0.1, 0.15) is 5.82 Å². The number of anilines is 1. The molecule has 3 nitrogen and oxygen atoms in total. The zero-order chi connectivity index (χ0) is 15.5. The number of halogens is 1. The molecule has 1 heterocycles. The highest BCUT2D eigenvalue weighted by Crippen LogP contribution is 2.27. The van der Waals surface area contributed by atoms with Crippen LogP contribution >= 0.6 is 0 Å². The first-order valence-corrected chi connectivity index (χ1v) is 7.33. The van der Waals surface area contributed by atoms with Crippen molar-refractivity contribution in [3.63, 3.8) is 0 Å². The van der Waals surface area contributed by atoms with Crippen molar-refractivity contribution < 1.29 is 14.0 Å². The van der Waals surface area contributed by atoms with E-state index in [9.17, 15) is 14.0 Å². The monoisotopic (exact) mass is 297 g/mol. The molecule has 0 atom stereocenters. The number of amides is 1. The van der Waals surface area contributed by atoms with E-state index < -0.39 is 0 Å². The van der Waals surface area contributed by atoms with Crippen molar-refractivity contribution in [3.05, 3.63) is 65.5 Å². The van der Waals surface area contributed by atoms with Gasteiger partial charge in [-0.1, -0.05) is 30.3 Å². The third kappa shape index (κ3) is 2.77. The molecular weight excluding hydrogens is 281 g/mol. The molecule has 0 saturated carbocycles. The number of carbonyl (C=O) groups is 2. The molecule has 1 aliphatic heterocycles. The molecule has 22 heavy (non-hydrogen) atoms. The lowest BCUT2D eigenvalue weighted by Crippen LogP contribution is -2.37. The van der Waals surface area contributed by atoms with E-state index in [1.54, 1.807) is 41.3 Å². The summed E-state index contributed by atoms with van der Waals surface area (Å²) in [5.41, 5.74) is 1.79. The molecule has 2 aromatic carbocycles. The number of fused-ring (bicyclic) bond motifs is 1. The molecule has 0 unspecified atom stereocenters. The molecule has 0 fully saturated rings. The molecule has 0 aromatic heterocycles. The van der Waals surface area contributed by atoms with Gasteiger partial charge >= 0.3 is 0 Å². The molecule has 0 N–H and O–H groups in total. The van der Waals surface area contributed by atoms with Gasteiger partial charge in [-0.15, -0.1) is 0 Å². The van der Waals surface area contributed by atoms with Gasteiger partial charge in [0.2, 0.25) is 5.91 Å². The Morgan fingerprint density at radius 3 is 2.64 bits per heavy atom. The fraction of sp³-hybridized carbons (Fsp3) is 0.222. The predicted molar refractivity (Wildman–Crippen MR) is 82.5 cm³/mol. The van der Waals surface area contributed by atoms with Gasteiger partial charge in [0.15, 0.2) is 5.78 Å². The fourth-order valence-electron chi connectivity index (χ4n) is 2.75. The van der Waals surface area contributed by atoms with Gasteiger partial charge in [-0.3, -0.25) is 9.59 Å². The van der Waals surface area contributed by atoms with Crippen molar-refractivity contribution in [2.45, 2.75) is 19.3 Å². The van der Waals surface area contributed by atoms with Crippen molar-refractivity contribution in [2.24, 2.45) is 0 Å². The van der Waals surface area contributed by atoms with E-state index in [1.165, 1.54) is 6.07 Å². The van der Waals surface area contributed by atoms with Crippen LogP contribution in [0.25, 0.3) is 0 Å². The average molecular weight is 297 g/mol. The van der Waals surface area contributed by atoms with Crippen LogP contribution in [0.15, 0.2) is 48.5 Å². The minimum absolute atomic E-state index is 0.0637. The molecule has 0 saturated heterocycles. The second-order valence-electron chi connectivity index (χ2n) is 5.33. The number of nitrogens with zero attached hydrogens (tertiary/aromatic N) is 1. The lowest BCUT2D eigenvalue weighted by atomic mass is 9.99. The van der Waals surface area contributed by atoms with Gasteiger partial charge < -0.3 is 4.90 Å². The maximum atomic E-state index is 13.6. The third-order valence-corrected chi connectivity index (χ3v) is 3.92. The molecular formula is C18H16FNO2. The number of hydrogen-bond donors (Lipinski definition) is 0. The molecule has 112 valence electrons. The van der Waals surface area contributed by atoms with E-state index in [0.717, 1.165) is 0 Å². The lowest BCUT2D eigenvalue weighted by molar-refractivity contribution is -0.118. The van der Waals surface area contributed by atoms with E-state index in [2.05, 4.69) is 0 Å². The van der Waals surface area contributed by atoms with E-state index >= 15 is 0 Å². The van der Waals surface area contributed by atoms with E-state index in [1.807, 2.05) is 6.07 Å². The number of benzene rings is 2.